The van der Waals surface area contributed by atoms with Gasteiger partial charge in [0.15, 0.2) is 0 Å². The van der Waals surface area contributed by atoms with E-state index < -0.39 is 23.2 Å². The van der Waals surface area contributed by atoms with Crippen molar-refractivity contribution in [3.63, 3.8) is 0 Å². The van der Waals surface area contributed by atoms with E-state index in [4.69, 9.17) is 11.6 Å². The third-order valence-electron chi connectivity index (χ3n) is 3.56. The molecule has 0 radical (unpaired) electrons. The first-order chi connectivity index (χ1) is 11.3. The van der Waals surface area contributed by atoms with Gasteiger partial charge in [-0.25, -0.2) is 0 Å². The van der Waals surface area contributed by atoms with Crippen LogP contribution in [0.25, 0.3) is 0 Å². The second kappa shape index (κ2) is 7.13. The van der Waals surface area contributed by atoms with Crippen LogP contribution in [0.15, 0.2) is 36.4 Å². The van der Waals surface area contributed by atoms with E-state index in [0.29, 0.717) is 5.69 Å². The Morgan fingerprint density at radius 3 is 2.50 bits per heavy atom. The molecule has 1 amide bonds. The molecule has 2 aromatic carbocycles. The highest BCUT2D eigenvalue weighted by Crippen LogP contribution is 2.35. The molecule has 0 aliphatic heterocycles. The van der Waals surface area contributed by atoms with E-state index >= 15 is 0 Å². The summed E-state index contributed by atoms with van der Waals surface area (Å²) in [5.41, 5.74) is 0.563. The van der Waals surface area contributed by atoms with E-state index in [1.54, 1.807) is 25.2 Å². The molecule has 24 heavy (non-hydrogen) atoms. The maximum absolute atomic E-state index is 13.1. The summed E-state index contributed by atoms with van der Waals surface area (Å²) in [6, 6.07) is 8.36. The molecule has 0 atom stereocenters. The second-order valence-corrected chi connectivity index (χ2v) is 5.50. The Labute approximate surface area is 142 Å². The van der Waals surface area contributed by atoms with Crippen LogP contribution in [0.3, 0.4) is 0 Å². The maximum Gasteiger partial charge on any atom is 0.417 e. The third kappa shape index (κ3) is 3.82. The lowest BCUT2D eigenvalue weighted by Gasteiger charge is -2.15. The summed E-state index contributed by atoms with van der Waals surface area (Å²) in [5.74, 6) is -0.903. The molecule has 2 aromatic rings. The number of rotatable bonds is 4. The van der Waals surface area contributed by atoms with E-state index in [1.807, 2.05) is 6.92 Å². The number of hydrogen-bond donors (Lipinski definition) is 2. The smallest absolute Gasteiger partial charge is 0.388 e. The normalized spacial score (nSPS) is 11.2. The van der Waals surface area contributed by atoms with Crippen LogP contribution in [0.2, 0.25) is 5.02 Å². The number of anilines is 2. The van der Waals surface area contributed by atoms with Gasteiger partial charge in [-0.05, 0) is 36.2 Å². The highest BCUT2D eigenvalue weighted by molar-refractivity contribution is 6.34. The number of alkyl halides is 3. The number of carbonyl (C=O) groups is 1. The molecule has 0 heterocycles. The van der Waals surface area contributed by atoms with Gasteiger partial charge >= 0.3 is 6.18 Å². The van der Waals surface area contributed by atoms with E-state index in [1.165, 1.54) is 6.07 Å². The molecule has 3 nitrogen and oxygen atoms in total. The number of carbonyl (C=O) groups excluding carboxylic acids is 1. The molecular formula is C17H16ClF3N2O. The van der Waals surface area contributed by atoms with Crippen LogP contribution in [0.5, 0.6) is 0 Å². The van der Waals surface area contributed by atoms with E-state index in [9.17, 15) is 18.0 Å². The molecule has 0 aliphatic carbocycles. The molecule has 2 rings (SSSR count). The lowest BCUT2D eigenvalue weighted by Crippen LogP contribution is -2.19. The van der Waals surface area contributed by atoms with Crippen molar-refractivity contribution in [1.82, 2.24) is 0 Å². The highest BCUT2D eigenvalue weighted by Gasteiger charge is 2.36. The van der Waals surface area contributed by atoms with Gasteiger partial charge in [0.25, 0.3) is 5.91 Å². The molecule has 0 fully saturated rings. The van der Waals surface area contributed by atoms with Gasteiger partial charge in [-0.1, -0.05) is 30.7 Å². The molecule has 0 aliphatic rings. The van der Waals surface area contributed by atoms with Crippen molar-refractivity contribution in [2.75, 3.05) is 17.7 Å². The quantitative estimate of drug-likeness (QED) is 0.789. The van der Waals surface area contributed by atoms with E-state index in [-0.39, 0.29) is 5.02 Å². The maximum atomic E-state index is 13.1. The summed E-state index contributed by atoms with van der Waals surface area (Å²) < 4.78 is 39.3. The molecule has 0 saturated heterocycles. The van der Waals surface area contributed by atoms with Gasteiger partial charge in [0.05, 0.1) is 16.1 Å². The zero-order valence-corrected chi connectivity index (χ0v) is 13.8. The van der Waals surface area contributed by atoms with Crippen molar-refractivity contribution in [2.45, 2.75) is 19.5 Å². The first-order valence-corrected chi connectivity index (χ1v) is 7.63. The zero-order valence-electron chi connectivity index (χ0n) is 13.1. The number of amides is 1. The lowest BCUT2D eigenvalue weighted by molar-refractivity contribution is -0.137. The fraction of sp³-hybridized carbons (Fsp3) is 0.235. The van der Waals surface area contributed by atoms with Crippen LogP contribution < -0.4 is 10.6 Å². The van der Waals surface area contributed by atoms with Gasteiger partial charge in [0, 0.05) is 18.4 Å². The number of halogens is 4. The van der Waals surface area contributed by atoms with Crippen LogP contribution in [-0.4, -0.2) is 13.0 Å². The van der Waals surface area contributed by atoms with Gasteiger partial charge in [0.1, 0.15) is 0 Å². The molecule has 0 saturated carbocycles. The highest BCUT2D eigenvalue weighted by atomic mass is 35.5. The van der Waals surface area contributed by atoms with Gasteiger partial charge in [0.2, 0.25) is 0 Å². The number of aryl methyl sites for hydroxylation is 1. The standard InChI is InChI=1S/C17H16ClF3N2O/c1-3-10-7-8-11(9-14(10)22-2)23-16(24)15-12(17(19,20)21)5-4-6-13(15)18/h4-9,22H,3H2,1-2H3,(H,23,24). The molecular weight excluding hydrogens is 341 g/mol. The summed E-state index contributed by atoms with van der Waals surface area (Å²) in [6.07, 6.45) is -3.88. The average Bonchev–Trinajstić information content (AvgIpc) is 2.53. The Balaban J connectivity index is 2.38. The largest absolute Gasteiger partial charge is 0.417 e. The Bertz CT molecular complexity index is 760. The van der Waals surface area contributed by atoms with Crippen molar-refractivity contribution in [3.05, 3.63) is 58.1 Å². The fourth-order valence-corrected chi connectivity index (χ4v) is 2.64. The number of nitrogens with one attached hydrogen (secondary N) is 2. The minimum Gasteiger partial charge on any atom is -0.388 e. The Hall–Kier alpha value is -2.21. The summed E-state index contributed by atoms with van der Waals surface area (Å²) in [4.78, 5) is 12.3. The van der Waals surface area contributed by atoms with Crippen LogP contribution >= 0.6 is 11.6 Å². The molecule has 0 spiro atoms. The third-order valence-corrected chi connectivity index (χ3v) is 3.88. The SMILES string of the molecule is CCc1ccc(NC(=O)c2c(Cl)cccc2C(F)(F)F)cc1NC. The van der Waals surface area contributed by atoms with Crippen molar-refractivity contribution in [3.8, 4) is 0 Å². The molecule has 0 bridgehead atoms. The topological polar surface area (TPSA) is 41.1 Å². The van der Waals surface area contributed by atoms with Crippen LogP contribution in [-0.2, 0) is 12.6 Å². The first kappa shape index (κ1) is 18.1. The lowest BCUT2D eigenvalue weighted by atomic mass is 10.1. The Morgan fingerprint density at radius 1 is 1.21 bits per heavy atom. The van der Waals surface area contributed by atoms with Gasteiger partial charge in [-0.15, -0.1) is 0 Å². The number of hydrogen-bond acceptors (Lipinski definition) is 2. The van der Waals surface area contributed by atoms with Crippen LogP contribution in [0, 0.1) is 0 Å². The van der Waals surface area contributed by atoms with Gasteiger partial charge in [-0.3, -0.25) is 4.79 Å². The van der Waals surface area contributed by atoms with Crippen LogP contribution in [0.4, 0.5) is 24.5 Å². The summed E-state index contributed by atoms with van der Waals surface area (Å²) >= 11 is 5.83. The van der Waals surface area contributed by atoms with Crippen LogP contribution in [0.1, 0.15) is 28.4 Å². The van der Waals surface area contributed by atoms with Gasteiger partial charge in [-0.2, -0.15) is 13.2 Å². The Morgan fingerprint density at radius 2 is 1.92 bits per heavy atom. The minimum absolute atomic E-state index is 0.249. The van der Waals surface area contributed by atoms with Crippen molar-refractivity contribution >= 4 is 28.9 Å². The molecule has 128 valence electrons. The minimum atomic E-state index is -4.67. The van der Waals surface area contributed by atoms with E-state index in [2.05, 4.69) is 10.6 Å². The first-order valence-electron chi connectivity index (χ1n) is 7.25. The summed E-state index contributed by atoms with van der Waals surface area (Å²) in [7, 11) is 1.73. The predicted octanol–water partition coefficient (Wildman–Crippen LogP) is 5.22. The van der Waals surface area contributed by atoms with Crippen molar-refractivity contribution in [1.29, 1.82) is 0 Å². The molecule has 7 heteroatoms. The molecule has 2 N–H and O–H groups in total. The monoisotopic (exact) mass is 356 g/mol. The average molecular weight is 357 g/mol. The summed E-state index contributed by atoms with van der Waals surface area (Å²) in [5, 5.41) is 5.21. The Kier molecular flexibility index (Phi) is 5.39. The zero-order chi connectivity index (χ0) is 17.9. The van der Waals surface area contributed by atoms with Crippen molar-refractivity contribution < 1.29 is 18.0 Å². The molecule has 0 unspecified atom stereocenters. The molecule has 0 aromatic heterocycles. The predicted molar refractivity (Wildman–Crippen MR) is 89.8 cm³/mol. The van der Waals surface area contributed by atoms with Gasteiger partial charge < -0.3 is 10.6 Å². The summed E-state index contributed by atoms with van der Waals surface area (Å²) in [6.45, 7) is 1.98. The fourth-order valence-electron chi connectivity index (χ4n) is 2.38. The number of benzene rings is 2. The van der Waals surface area contributed by atoms with E-state index in [0.717, 1.165) is 29.8 Å². The second-order valence-electron chi connectivity index (χ2n) is 5.09. The van der Waals surface area contributed by atoms with Crippen molar-refractivity contribution in [2.24, 2.45) is 0 Å².